The predicted molar refractivity (Wildman–Crippen MR) is 112 cm³/mol. The van der Waals surface area contributed by atoms with Gasteiger partial charge in [-0.15, -0.1) is 0 Å². The van der Waals surface area contributed by atoms with Crippen LogP contribution in [0.15, 0.2) is 79.5 Å². The number of carbonyl (C=O) groups is 1. The quantitative estimate of drug-likeness (QED) is 0.517. The van der Waals surface area contributed by atoms with Crippen molar-refractivity contribution in [2.75, 3.05) is 5.32 Å². The molecule has 0 saturated heterocycles. The number of nitrogens with zero attached hydrogens (tertiary/aromatic N) is 5. The Labute approximate surface area is 168 Å². The molecule has 4 rings (SSSR count). The van der Waals surface area contributed by atoms with Crippen molar-refractivity contribution in [1.82, 2.24) is 24.5 Å². The summed E-state index contributed by atoms with van der Waals surface area (Å²) in [5, 5.41) is 11.6. The van der Waals surface area contributed by atoms with Gasteiger partial charge in [0.25, 0.3) is 0 Å². The molecule has 7 nitrogen and oxygen atoms in total. The van der Waals surface area contributed by atoms with Crippen LogP contribution in [0.2, 0.25) is 0 Å². The lowest BCUT2D eigenvalue weighted by Gasteiger charge is -2.01. The molecule has 0 bridgehead atoms. The van der Waals surface area contributed by atoms with Crippen LogP contribution in [0.5, 0.6) is 0 Å². The van der Waals surface area contributed by atoms with Crippen LogP contribution < -0.4 is 5.32 Å². The molecule has 144 valence electrons. The van der Waals surface area contributed by atoms with Crippen molar-refractivity contribution >= 4 is 17.7 Å². The molecule has 0 radical (unpaired) electrons. The molecule has 3 aromatic heterocycles. The first-order valence-corrected chi connectivity index (χ1v) is 9.17. The van der Waals surface area contributed by atoms with Gasteiger partial charge in [-0.2, -0.15) is 10.2 Å². The Kier molecular flexibility index (Phi) is 5.29. The largest absolute Gasteiger partial charge is 0.320 e. The molecule has 3 heterocycles. The van der Waals surface area contributed by atoms with E-state index >= 15 is 0 Å². The van der Waals surface area contributed by atoms with Crippen LogP contribution in [0, 0.1) is 0 Å². The van der Waals surface area contributed by atoms with Gasteiger partial charge in [0.15, 0.2) is 0 Å². The lowest BCUT2D eigenvalue weighted by molar-refractivity contribution is -0.111. The molecule has 7 heteroatoms. The number of aromatic nitrogens is 5. The van der Waals surface area contributed by atoms with Crippen molar-refractivity contribution in [3.8, 4) is 11.3 Å². The second-order valence-corrected chi connectivity index (χ2v) is 6.58. The van der Waals surface area contributed by atoms with E-state index in [0.29, 0.717) is 12.2 Å². The monoisotopic (exact) mass is 384 g/mol. The van der Waals surface area contributed by atoms with Crippen molar-refractivity contribution < 1.29 is 4.79 Å². The number of amides is 1. The Morgan fingerprint density at radius 2 is 1.97 bits per heavy atom. The van der Waals surface area contributed by atoms with Crippen molar-refractivity contribution in [2.24, 2.45) is 7.05 Å². The molecular weight excluding hydrogens is 364 g/mol. The minimum absolute atomic E-state index is 0.231. The van der Waals surface area contributed by atoms with Crippen molar-refractivity contribution in [1.29, 1.82) is 0 Å². The van der Waals surface area contributed by atoms with Crippen LogP contribution in [0.4, 0.5) is 5.69 Å². The second kappa shape index (κ2) is 8.35. The smallest absolute Gasteiger partial charge is 0.248 e. The molecule has 0 spiro atoms. The summed E-state index contributed by atoms with van der Waals surface area (Å²) in [6.45, 7) is 0.643. The van der Waals surface area contributed by atoms with E-state index in [1.54, 1.807) is 42.6 Å². The third kappa shape index (κ3) is 4.65. The highest BCUT2D eigenvalue weighted by Crippen LogP contribution is 2.23. The van der Waals surface area contributed by atoms with E-state index in [1.165, 1.54) is 6.08 Å². The minimum Gasteiger partial charge on any atom is -0.320 e. The molecule has 0 unspecified atom stereocenters. The number of hydrogen-bond donors (Lipinski definition) is 1. The highest BCUT2D eigenvalue weighted by molar-refractivity contribution is 6.02. The molecular formula is C22H20N6O. The Hall–Kier alpha value is -4.00. The summed E-state index contributed by atoms with van der Waals surface area (Å²) < 4.78 is 3.50. The van der Waals surface area contributed by atoms with Gasteiger partial charge < -0.3 is 5.32 Å². The first-order chi connectivity index (χ1) is 14.2. The molecule has 0 aliphatic carbocycles. The zero-order valence-electron chi connectivity index (χ0n) is 15.9. The standard InChI is InChI=1S/C22H20N6O/c1-27-16-20(13-24-27)25-21(29)10-9-19-15-28(14-17-6-3-2-4-7-17)26-22(19)18-8-5-11-23-12-18/h2-13,15-16H,14H2,1H3,(H,25,29)/b10-9+. The maximum absolute atomic E-state index is 12.3. The highest BCUT2D eigenvalue weighted by Gasteiger charge is 2.10. The third-order valence-corrected chi connectivity index (χ3v) is 4.30. The summed E-state index contributed by atoms with van der Waals surface area (Å²) in [5.74, 6) is -0.231. The number of hydrogen-bond acceptors (Lipinski definition) is 4. The lowest BCUT2D eigenvalue weighted by atomic mass is 10.1. The number of pyridine rings is 1. The van der Waals surface area contributed by atoms with E-state index in [-0.39, 0.29) is 5.91 Å². The van der Waals surface area contributed by atoms with E-state index < -0.39 is 0 Å². The van der Waals surface area contributed by atoms with Crippen LogP contribution in [0.3, 0.4) is 0 Å². The van der Waals surface area contributed by atoms with Crippen molar-refractivity contribution in [2.45, 2.75) is 6.54 Å². The predicted octanol–water partition coefficient (Wildman–Crippen LogP) is 3.38. The maximum Gasteiger partial charge on any atom is 0.248 e. The van der Waals surface area contributed by atoms with Crippen molar-refractivity contribution in [3.63, 3.8) is 0 Å². The Morgan fingerprint density at radius 3 is 2.69 bits per heavy atom. The van der Waals surface area contributed by atoms with Gasteiger partial charge in [-0.05, 0) is 23.8 Å². The summed E-state index contributed by atoms with van der Waals surface area (Å²) >= 11 is 0. The first kappa shape index (κ1) is 18.4. The molecule has 1 aromatic carbocycles. The zero-order valence-corrected chi connectivity index (χ0v) is 15.9. The SMILES string of the molecule is Cn1cc(NC(=O)/C=C/c2cn(Cc3ccccc3)nc2-c2cccnc2)cn1. The number of nitrogens with one attached hydrogen (secondary N) is 1. The third-order valence-electron chi connectivity index (χ3n) is 4.30. The van der Waals surface area contributed by atoms with E-state index in [1.807, 2.05) is 41.2 Å². The van der Waals surface area contributed by atoms with Crippen LogP contribution >= 0.6 is 0 Å². The van der Waals surface area contributed by atoms with Gasteiger partial charge >= 0.3 is 0 Å². The van der Waals surface area contributed by atoms with Gasteiger partial charge in [0, 0.05) is 49.0 Å². The normalized spacial score (nSPS) is 11.1. The van der Waals surface area contributed by atoms with Gasteiger partial charge in [0.2, 0.25) is 5.91 Å². The zero-order chi connectivity index (χ0) is 20.1. The summed E-state index contributed by atoms with van der Waals surface area (Å²) in [5.41, 5.74) is 4.31. The van der Waals surface area contributed by atoms with Crippen LogP contribution in [-0.2, 0) is 18.4 Å². The topological polar surface area (TPSA) is 77.6 Å². The molecule has 0 fully saturated rings. The van der Waals surface area contributed by atoms with Crippen LogP contribution in [0.25, 0.3) is 17.3 Å². The summed E-state index contributed by atoms with van der Waals surface area (Å²) in [7, 11) is 1.80. The average molecular weight is 384 g/mol. The number of carbonyl (C=O) groups excluding carboxylic acids is 1. The molecule has 0 aliphatic rings. The highest BCUT2D eigenvalue weighted by atomic mass is 16.1. The fourth-order valence-electron chi connectivity index (χ4n) is 2.97. The van der Waals surface area contributed by atoms with Gasteiger partial charge in [-0.3, -0.25) is 19.1 Å². The first-order valence-electron chi connectivity index (χ1n) is 9.17. The van der Waals surface area contributed by atoms with E-state index in [2.05, 4.69) is 27.5 Å². The Balaban J connectivity index is 1.59. The van der Waals surface area contributed by atoms with Gasteiger partial charge in [0.05, 0.1) is 18.4 Å². The fourth-order valence-corrected chi connectivity index (χ4v) is 2.97. The molecule has 0 aliphatic heterocycles. The molecule has 0 atom stereocenters. The molecule has 4 aromatic rings. The van der Waals surface area contributed by atoms with Crippen LogP contribution in [-0.4, -0.2) is 30.5 Å². The molecule has 0 saturated carbocycles. The number of aryl methyl sites for hydroxylation is 1. The second-order valence-electron chi connectivity index (χ2n) is 6.58. The summed E-state index contributed by atoms with van der Waals surface area (Å²) in [4.78, 5) is 16.5. The summed E-state index contributed by atoms with van der Waals surface area (Å²) in [6.07, 6.45) is 12.0. The molecule has 1 amide bonds. The number of rotatable bonds is 6. The fraction of sp³-hybridized carbons (Fsp3) is 0.0909. The molecule has 29 heavy (non-hydrogen) atoms. The molecule has 1 N–H and O–H groups in total. The average Bonchev–Trinajstić information content (AvgIpc) is 3.33. The maximum atomic E-state index is 12.3. The van der Waals surface area contributed by atoms with Crippen LogP contribution in [0.1, 0.15) is 11.1 Å². The van der Waals surface area contributed by atoms with Gasteiger partial charge in [0.1, 0.15) is 5.69 Å². The Morgan fingerprint density at radius 1 is 1.10 bits per heavy atom. The van der Waals surface area contributed by atoms with E-state index in [9.17, 15) is 4.79 Å². The van der Waals surface area contributed by atoms with E-state index in [4.69, 9.17) is 5.10 Å². The minimum atomic E-state index is -0.231. The summed E-state index contributed by atoms with van der Waals surface area (Å²) in [6, 6.07) is 13.9. The van der Waals surface area contributed by atoms with E-state index in [0.717, 1.165) is 22.4 Å². The number of benzene rings is 1. The van der Waals surface area contributed by atoms with Gasteiger partial charge in [-0.25, -0.2) is 0 Å². The van der Waals surface area contributed by atoms with Gasteiger partial charge in [-0.1, -0.05) is 30.3 Å². The number of anilines is 1. The van der Waals surface area contributed by atoms with Crippen molar-refractivity contribution in [3.05, 3.63) is 90.7 Å². The lowest BCUT2D eigenvalue weighted by Crippen LogP contribution is -2.06. The Bertz CT molecular complexity index is 1130.